The summed E-state index contributed by atoms with van der Waals surface area (Å²) in [5.74, 6) is -0.286. The van der Waals surface area contributed by atoms with Crippen molar-refractivity contribution in [3.63, 3.8) is 0 Å². The molecule has 0 saturated heterocycles. The highest BCUT2D eigenvalue weighted by Gasteiger charge is 2.31. The lowest BCUT2D eigenvalue weighted by Crippen LogP contribution is -2.26. The average molecular weight is 588 g/mol. The minimum atomic E-state index is -4.74. The van der Waals surface area contributed by atoms with Gasteiger partial charge in [0.2, 0.25) is 0 Å². The van der Waals surface area contributed by atoms with Crippen molar-refractivity contribution in [1.82, 2.24) is 14.6 Å². The van der Waals surface area contributed by atoms with Crippen molar-refractivity contribution in [3.05, 3.63) is 94.7 Å². The van der Waals surface area contributed by atoms with E-state index >= 15 is 0 Å². The van der Waals surface area contributed by atoms with E-state index in [-0.39, 0.29) is 5.75 Å². The van der Waals surface area contributed by atoms with E-state index in [1.54, 1.807) is 54.5 Å². The van der Waals surface area contributed by atoms with Crippen LogP contribution in [0, 0.1) is 0 Å². The molecule has 5 rings (SSSR count). The van der Waals surface area contributed by atoms with Crippen molar-refractivity contribution in [2.75, 3.05) is 12.4 Å². The molecule has 1 heterocycles. The molecular formula is C27H18Cl2F3N5OS. The largest absolute Gasteiger partial charge is 0.573 e. The van der Waals surface area contributed by atoms with Gasteiger partial charge in [-0.3, -0.25) is 4.57 Å². The Morgan fingerprint density at radius 3 is 2.54 bits per heavy atom. The molecular weight excluding hydrogens is 570 g/mol. The molecule has 0 aliphatic heterocycles. The molecule has 0 atom stereocenters. The van der Waals surface area contributed by atoms with Gasteiger partial charge in [-0.1, -0.05) is 41.4 Å². The average Bonchev–Trinajstić information content (AvgIpc) is 3.33. The molecule has 39 heavy (non-hydrogen) atoms. The molecule has 198 valence electrons. The maximum absolute atomic E-state index is 12.5. The molecule has 0 amide bonds. The number of benzene rings is 4. The van der Waals surface area contributed by atoms with Crippen LogP contribution in [0.1, 0.15) is 5.56 Å². The minimum Gasteiger partial charge on any atom is -0.406 e. The standard InChI is InChI=1S/C27H18Cl2F3N5OS/c1-36(26(39)35-23-10-4-18(28)13-22(23)29)34-14-16-2-9-21-17(12-16)3-11-24-25(21)33-15-37(24)19-5-7-20(8-6-19)38-27(30,31)32/h2-15H,1H3,(H,35,39). The number of alkyl halides is 3. The second-order valence-electron chi connectivity index (χ2n) is 8.39. The number of thiocarbonyl (C=S) groups is 1. The van der Waals surface area contributed by atoms with Gasteiger partial charge in [0.05, 0.1) is 28.0 Å². The predicted molar refractivity (Wildman–Crippen MR) is 153 cm³/mol. The number of nitrogens with zero attached hydrogens (tertiary/aromatic N) is 4. The highest BCUT2D eigenvalue weighted by atomic mass is 35.5. The number of rotatable bonds is 5. The molecule has 12 heteroatoms. The molecule has 0 spiro atoms. The zero-order chi connectivity index (χ0) is 27.7. The third-order valence-corrected chi connectivity index (χ3v) is 6.67. The normalized spacial score (nSPS) is 11.8. The maximum atomic E-state index is 12.5. The first-order chi connectivity index (χ1) is 18.6. The van der Waals surface area contributed by atoms with Gasteiger partial charge in [0.15, 0.2) is 5.11 Å². The van der Waals surface area contributed by atoms with E-state index in [0.29, 0.717) is 26.5 Å². The van der Waals surface area contributed by atoms with Crippen molar-refractivity contribution in [2.45, 2.75) is 6.36 Å². The lowest BCUT2D eigenvalue weighted by molar-refractivity contribution is -0.274. The van der Waals surface area contributed by atoms with Gasteiger partial charge in [-0.05, 0) is 77.8 Å². The van der Waals surface area contributed by atoms with Crippen LogP contribution in [0.25, 0.3) is 27.5 Å². The Kier molecular flexibility index (Phi) is 7.35. The molecule has 0 unspecified atom stereocenters. The summed E-state index contributed by atoms with van der Waals surface area (Å²) in [7, 11) is 1.72. The second kappa shape index (κ2) is 10.7. The smallest absolute Gasteiger partial charge is 0.406 e. The van der Waals surface area contributed by atoms with Crippen molar-refractivity contribution < 1.29 is 17.9 Å². The quantitative estimate of drug-likeness (QED) is 0.128. The number of anilines is 1. The summed E-state index contributed by atoms with van der Waals surface area (Å²) in [6, 6.07) is 20.4. The Balaban J connectivity index is 1.34. The molecule has 1 aromatic heterocycles. The summed E-state index contributed by atoms with van der Waals surface area (Å²) in [6.45, 7) is 0. The molecule has 6 nitrogen and oxygen atoms in total. The van der Waals surface area contributed by atoms with Gasteiger partial charge in [0.25, 0.3) is 0 Å². The summed E-state index contributed by atoms with van der Waals surface area (Å²) in [6.07, 6.45) is -1.42. The maximum Gasteiger partial charge on any atom is 0.573 e. The van der Waals surface area contributed by atoms with Crippen LogP contribution < -0.4 is 10.1 Å². The first-order valence-electron chi connectivity index (χ1n) is 11.4. The van der Waals surface area contributed by atoms with E-state index in [4.69, 9.17) is 35.4 Å². The molecule has 0 saturated carbocycles. The molecule has 4 aromatic carbocycles. The minimum absolute atomic E-state index is 0.286. The van der Waals surface area contributed by atoms with Gasteiger partial charge in [0, 0.05) is 23.1 Å². The van der Waals surface area contributed by atoms with Crippen LogP contribution in [-0.4, -0.2) is 39.3 Å². The Morgan fingerprint density at radius 1 is 1.05 bits per heavy atom. The topological polar surface area (TPSA) is 54.7 Å². The molecule has 0 radical (unpaired) electrons. The second-order valence-corrected chi connectivity index (χ2v) is 9.62. The third kappa shape index (κ3) is 6.08. The number of imidazole rings is 1. The van der Waals surface area contributed by atoms with Gasteiger partial charge in [-0.15, -0.1) is 13.2 Å². The molecule has 0 fully saturated rings. The number of hydrogen-bond acceptors (Lipinski definition) is 4. The van der Waals surface area contributed by atoms with Crippen LogP contribution in [-0.2, 0) is 0 Å². The number of ether oxygens (including phenoxy) is 1. The van der Waals surface area contributed by atoms with E-state index in [9.17, 15) is 13.2 Å². The van der Waals surface area contributed by atoms with Crippen molar-refractivity contribution in [2.24, 2.45) is 5.10 Å². The number of hydrogen-bond donors (Lipinski definition) is 1. The zero-order valence-electron chi connectivity index (χ0n) is 20.1. The van der Waals surface area contributed by atoms with E-state index in [2.05, 4.69) is 20.1 Å². The van der Waals surface area contributed by atoms with Crippen molar-refractivity contribution >= 4 is 74.2 Å². The summed E-state index contributed by atoms with van der Waals surface area (Å²) in [5.41, 5.74) is 3.69. The van der Waals surface area contributed by atoms with E-state index < -0.39 is 6.36 Å². The lowest BCUT2D eigenvalue weighted by Gasteiger charge is -2.16. The molecule has 0 aliphatic carbocycles. The third-order valence-electron chi connectivity index (χ3n) is 5.75. The number of hydrazone groups is 1. The van der Waals surface area contributed by atoms with Crippen molar-refractivity contribution in [3.8, 4) is 11.4 Å². The van der Waals surface area contributed by atoms with Gasteiger partial charge >= 0.3 is 6.36 Å². The van der Waals surface area contributed by atoms with E-state index in [1.807, 2.05) is 30.3 Å². The van der Waals surface area contributed by atoms with E-state index in [1.165, 1.54) is 17.1 Å². The Hall–Kier alpha value is -3.86. The summed E-state index contributed by atoms with van der Waals surface area (Å²) in [4.78, 5) is 4.55. The monoisotopic (exact) mass is 587 g/mol. The number of aromatic nitrogens is 2. The highest BCUT2D eigenvalue weighted by molar-refractivity contribution is 7.80. The zero-order valence-corrected chi connectivity index (χ0v) is 22.4. The lowest BCUT2D eigenvalue weighted by atomic mass is 10.1. The van der Waals surface area contributed by atoms with Gasteiger partial charge in [-0.2, -0.15) is 5.10 Å². The van der Waals surface area contributed by atoms with E-state index in [0.717, 1.165) is 27.4 Å². The Bertz CT molecular complexity index is 1720. The highest BCUT2D eigenvalue weighted by Crippen LogP contribution is 2.29. The first-order valence-corrected chi connectivity index (χ1v) is 12.5. The fourth-order valence-electron chi connectivity index (χ4n) is 3.92. The summed E-state index contributed by atoms with van der Waals surface area (Å²) < 4.78 is 43.1. The summed E-state index contributed by atoms with van der Waals surface area (Å²) >= 11 is 17.5. The van der Waals surface area contributed by atoms with Crippen molar-refractivity contribution in [1.29, 1.82) is 0 Å². The van der Waals surface area contributed by atoms with Crippen LogP contribution in [0.5, 0.6) is 5.75 Å². The van der Waals surface area contributed by atoms with Gasteiger partial charge in [-0.25, -0.2) is 9.99 Å². The summed E-state index contributed by atoms with van der Waals surface area (Å²) in [5, 5.41) is 12.1. The fraction of sp³-hybridized carbons (Fsp3) is 0.0741. The first kappa shape index (κ1) is 26.7. The van der Waals surface area contributed by atoms with Gasteiger partial charge < -0.3 is 10.1 Å². The Labute approximate surface area is 236 Å². The molecule has 5 aromatic rings. The number of halogens is 5. The Morgan fingerprint density at radius 2 is 1.82 bits per heavy atom. The van der Waals surface area contributed by atoms with Crippen LogP contribution in [0.15, 0.2) is 84.2 Å². The predicted octanol–water partition coefficient (Wildman–Crippen LogP) is 8.05. The fourth-order valence-corrected chi connectivity index (χ4v) is 4.53. The molecule has 1 N–H and O–H groups in total. The molecule has 0 bridgehead atoms. The van der Waals surface area contributed by atoms with Crippen LogP contribution in [0.2, 0.25) is 10.0 Å². The van der Waals surface area contributed by atoms with Crippen LogP contribution in [0.4, 0.5) is 18.9 Å². The van der Waals surface area contributed by atoms with Crippen LogP contribution >= 0.6 is 35.4 Å². The number of nitrogens with one attached hydrogen (secondary N) is 1. The van der Waals surface area contributed by atoms with Crippen LogP contribution in [0.3, 0.4) is 0 Å². The molecule has 0 aliphatic rings. The number of fused-ring (bicyclic) bond motifs is 3. The SMILES string of the molecule is CN(N=Cc1ccc2c(ccc3c2ncn3-c2ccc(OC(F)(F)F)cc2)c1)C(=S)Nc1ccc(Cl)cc1Cl. The van der Waals surface area contributed by atoms with Gasteiger partial charge in [0.1, 0.15) is 12.1 Å².